The second-order valence-corrected chi connectivity index (χ2v) is 4.59. The first-order valence-electron chi connectivity index (χ1n) is 5.62. The number of carbonyl (C=O) groups excluding carboxylic acids is 2. The fraction of sp³-hybridized carbons (Fsp3) is 0. The first kappa shape index (κ1) is 17.5. The van der Waals surface area contributed by atoms with Gasteiger partial charge >= 0.3 is 16.5 Å². The van der Waals surface area contributed by atoms with Gasteiger partial charge in [-0.25, -0.2) is 14.8 Å². The highest BCUT2D eigenvalue weighted by Gasteiger charge is 2.10. The van der Waals surface area contributed by atoms with Gasteiger partial charge in [0.05, 0.1) is 0 Å². The van der Waals surface area contributed by atoms with E-state index in [1.54, 1.807) is 36.7 Å². The zero-order valence-corrected chi connectivity index (χ0v) is 12.7. The molecule has 0 aliphatic rings. The standard InChI is InChI=1S/C11H8N2OS.CH2N2O3S/c14-11(15)9-5-2-1-4-8(9)10-12-6-3-7-13-10;2-1(4)3-7(5)6/h1-7H,(H,14,15);(H2,2,4). The van der Waals surface area contributed by atoms with E-state index >= 15 is 0 Å². The molecule has 0 bridgehead atoms. The molecule has 0 aliphatic heterocycles. The number of carbonyl (C=O) groups is 2. The molecule has 0 spiro atoms. The molecule has 22 heavy (non-hydrogen) atoms. The van der Waals surface area contributed by atoms with Crippen LogP contribution in [0.4, 0.5) is 4.79 Å². The monoisotopic (exact) mass is 338 g/mol. The van der Waals surface area contributed by atoms with Crippen LogP contribution in [0.3, 0.4) is 0 Å². The summed E-state index contributed by atoms with van der Waals surface area (Å²) in [4.78, 5) is 28.9. The normalized spacial score (nSPS) is 9.14. The van der Waals surface area contributed by atoms with Gasteiger partial charge in [-0.3, -0.25) is 4.79 Å². The van der Waals surface area contributed by atoms with Crippen molar-refractivity contribution in [2.24, 2.45) is 10.1 Å². The van der Waals surface area contributed by atoms with Crippen molar-refractivity contribution in [1.82, 2.24) is 9.97 Å². The van der Waals surface area contributed by atoms with Crippen LogP contribution in [0.25, 0.3) is 11.4 Å². The number of hydrogen-bond donors (Lipinski definition) is 2. The number of amides is 2. The van der Waals surface area contributed by atoms with Crippen LogP contribution < -0.4 is 5.73 Å². The second kappa shape index (κ2) is 8.64. The topological polar surface area (TPSA) is 132 Å². The lowest BCUT2D eigenvalue weighted by Gasteiger charge is -2.03. The molecule has 1 heterocycles. The van der Waals surface area contributed by atoms with Gasteiger partial charge in [0.25, 0.3) is 0 Å². The maximum absolute atomic E-state index is 11.2. The third-order valence-corrected chi connectivity index (χ3v) is 2.70. The summed E-state index contributed by atoms with van der Waals surface area (Å²) >= 11 is 3.81. The molecule has 114 valence electrons. The molecule has 0 radical (unpaired) electrons. The molecule has 2 aromatic rings. The number of primary amides is 1. The second-order valence-electron chi connectivity index (χ2n) is 3.57. The summed E-state index contributed by atoms with van der Waals surface area (Å²) in [6.07, 6.45) is 3.28. The molecule has 0 saturated carbocycles. The Morgan fingerprint density at radius 3 is 2.14 bits per heavy atom. The lowest BCUT2D eigenvalue weighted by molar-refractivity contribution is 0.109. The first-order valence-corrected chi connectivity index (χ1v) is 7.10. The Hall–Kier alpha value is -2.59. The highest BCUT2D eigenvalue weighted by Crippen LogP contribution is 2.20. The van der Waals surface area contributed by atoms with Crippen LogP contribution in [-0.2, 0) is 10.5 Å². The quantitative estimate of drug-likeness (QED) is 0.794. The predicted molar refractivity (Wildman–Crippen MR) is 81.7 cm³/mol. The first-order chi connectivity index (χ1) is 10.4. The zero-order valence-electron chi connectivity index (χ0n) is 10.9. The Labute approximate surface area is 132 Å². The van der Waals surface area contributed by atoms with Gasteiger partial charge in [0.15, 0.2) is 5.82 Å². The van der Waals surface area contributed by atoms with Crippen LogP contribution in [0.1, 0.15) is 10.4 Å². The highest BCUT2D eigenvalue weighted by molar-refractivity contribution is 7.97. The summed E-state index contributed by atoms with van der Waals surface area (Å²) < 4.78 is 21.0. The Balaban J connectivity index is 0.000000295. The smallest absolute Gasteiger partial charge is 0.349 e. The largest absolute Gasteiger partial charge is 0.353 e. The Morgan fingerprint density at radius 2 is 1.68 bits per heavy atom. The molecular weight excluding hydrogens is 328 g/mol. The lowest BCUT2D eigenvalue weighted by atomic mass is 10.1. The van der Waals surface area contributed by atoms with Gasteiger partial charge in [0.2, 0.25) is 5.12 Å². The maximum Gasteiger partial charge on any atom is 0.353 e. The Kier molecular flexibility index (Phi) is 6.86. The number of benzene rings is 1. The minimum Gasteiger partial charge on any atom is -0.349 e. The fourth-order valence-electron chi connectivity index (χ4n) is 1.38. The van der Waals surface area contributed by atoms with Gasteiger partial charge in [-0.05, 0) is 12.1 Å². The molecule has 0 saturated heterocycles. The average Bonchev–Trinajstić information content (AvgIpc) is 2.47. The van der Waals surface area contributed by atoms with Crippen molar-refractivity contribution in [3.8, 4) is 11.4 Å². The van der Waals surface area contributed by atoms with E-state index in [2.05, 4.69) is 32.7 Å². The molecule has 2 rings (SSSR count). The molecule has 2 N–H and O–H groups in total. The molecule has 2 amide bonds. The van der Waals surface area contributed by atoms with Gasteiger partial charge < -0.3 is 5.73 Å². The SMILES string of the molecule is NC(=O)N=S(=O)=O.O=C(S)c1ccccc1-c1ncccn1. The van der Waals surface area contributed by atoms with Gasteiger partial charge in [0, 0.05) is 23.5 Å². The van der Waals surface area contributed by atoms with Crippen molar-refractivity contribution < 1.29 is 18.0 Å². The van der Waals surface area contributed by atoms with Crippen LogP contribution in [-0.4, -0.2) is 29.5 Å². The van der Waals surface area contributed by atoms with Crippen LogP contribution >= 0.6 is 12.6 Å². The molecule has 1 aromatic heterocycles. The molecule has 0 fully saturated rings. The van der Waals surface area contributed by atoms with E-state index in [4.69, 9.17) is 0 Å². The summed E-state index contributed by atoms with van der Waals surface area (Å²) in [6.45, 7) is 0. The molecule has 8 nitrogen and oxygen atoms in total. The third kappa shape index (κ3) is 5.81. The number of rotatable bonds is 2. The van der Waals surface area contributed by atoms with E-state index in [1.165, 1.54) is 0 Å². The number of nitrogens with zero attached hydrogens (tertiary/aromatic N) is 3. The number of thiol groups is 1. The van der Waals surface area contributed by atoms with Gasteiger partial charge in [-0.15, -0.1) is 12.6 Å². The van der Waals surface area contributed by atoms with Gasteiger partial charge in [-0.1, -0.05) is 22.6 Å². The van der Waals surface area contributed by atoms with E-state index in [1.807, 2.05) is 6.07 Å². The average molecular weight is 338 g/mol. The van der Waals surface area contributed by atoms with Crippen LogP contribution in [0, 0.1) is 0 Å². The summed E-state index contributed by atoms with van der Waals surface area (Å²) in [5.74, 6) is 0.538. The highest BCUT2D eigenvalue weighted by atomic mass is 32.2. The summed E-state index contributed by atoms with van der Waals surface area (Å²) in [6, 6.07) is 7.67. The number of aromatic nitrogens is 2. The third-order valence-electron chi connectivity index (χ3n) is 2.13. The Bertz CT molecular complexity index is 799. The van der Waals surface area contributed by atoms with E-state index in [0.29, 0.717) is 17.0 Å². The van der Waals surface area contributed by atoms with Crippen molar-refractivity contribution in [1.29, 1.82) is 0 Å². The minimum atomic E-state index is -2.70. The minimum absolute atomic E-state index is 0.280. The molecule has 10 heteroatoms. The van der Waals surface area contributed by atoms with Gasteiger partial charge in [0.1, 0.15) is 0 Å². The molecular formula is C12H10N4O4S2. The molecule has 0 aliphatic carbocycles. The number of urea groups is 1. The van der Waals surface area contributed by atoms with E-state index in [9.17, 15) is 18.0 Å². The van der Waals surface area contributed by atoms with Crippen LogP contribution in [0.5, 0.6) is 0 Å². The van der Waals surface area contributed by atoms with E-state index in [-0.39, 0.29) is 5.12 Å². The van der Waals surface area contributed by atoms with E-state index < -0.39 is 16.5 Å². The van der Waals surface area contributed by atoms with Crippen molar-refractivity contribution in [2.75, 3.05) is 0 Å². The number of nitrogens with two attached hydrogens (primary N) is 1. The molecule has 1 aromatic carbocycles. The van der Waals surface area contributed by atoms with Crippen molar-refractivity contribution in [2.45, 2.75) is 0 Å². The lowest BCUT2D eigenvalue weighted by Crippen LogP contribution is -2.02. The summed E-state index contributed by atoms with van der Waals surface area (Å²) in [5, 5.41) is -0.280. The molecule has 0 unspecified atom stereocenters. The van der Waals surface area contributed by atoms with Crippen LogP contribution in [0.15, 0.2) is 47.1 Å². The summed E-state index contributed by atoms with van der Waals surface area (Å²) in [7, 11) is -2.70. The summed E-state index contributed by atoms with van der Waals surface area (Å²) in [5.41, 5.74) is 5.52. The van der Waals surface area contributed by atoms with Crippen molar-refractivity contribution in [3.05, 3.63) is 48.3 Å². The van der Waals surface area contributed by atoms with Crippen molar-refractivity contribution in [3.63, 3.8) is 0 Å². The van der Waals surface area contributed by atoms with Crippen LogP contribution in [0.2, 0.25) is 0 Å². The van der Waals surface area contributed by atoms with E-state index in [0.717, 1.165) is 0 Å². The zero-order chi connectivity index (χ0) is 16.5. The van der Waals surface area contributed by atoms with Gasteiger partial charge in [-0.2, -0.15) is 8.42 Å². The fourth-order valence-corrected chi connectivity index (χ4v) is 1.72. The predicted octanol–water partition coefficient (Wildman–Crippen LogP) is 1.34. The Morgan fingerprint density at radius 1 is 1.09 bits per heavy atom. The number of hydrogen-bond acceptors (Lipinski definition) is 6. The maximum atomic E-state index is 11.2. The van der Waals surface area contributed by atoms with Crippen molar-refractivity contribution >= 4 is 34.3 Å². The molecule has 0 atom stereocenters.